The molecule has 2 aromatic carbocycles. The van der Waals surface area contributed by atoms with Crippen molar-refractivity contribution in [1.82, 2.24) is 19.4 Å². The van der Waals surface area contributed by atoms with Gasteiger partial charge < -0.3 is 19.1 Å². The van der Waals surface area contributed by atoms with E-state index in [1.807, 2.05) is 22.8 Å². The third kappa shape index (κ3) is 5.39. The summed E-state index contributed by atoms with van der Waals surface area (Å²) in [4.78, 5) is 23.1. The monoisotopic (exact) mass is 606 g/mol. The van der Waals surface area contributed by atoms with Gasteiger partial charge in [-0.15, -0.1) is 0 Å². The number of carbonyl (C=O) groups is 1. The van der Waals surface area contributed by atoms with Crippen LogP contribution in [0.1, 0.15) is 64.3 Å². The Bertz CT molecular complexity index is 1750. The number of hydrogen-bond donors (Lipinski definition) is 1. The number of para-hydroxylation sites is 1. The SMILES string of the molecule is O=C(O)c1ccc2nc(CN3CCC(c4cccc5c4O[C@@H](c4ccc(Cl)cc4F)C(F)=C5)CC3)n(C[C@@H]3CCO3)c2n1. The molecule has 7 rings (SSSR count). The predicted octanol–water partition coefficient (Wildman–Crippen LogP) is 6.53. The van der Waals surface area contributed by atoms with Gasteiger partial charge in [-0.3, -0.25) is 4.90 Å². The Morgan fingerprint density at radius 2 is 1.86 bits per heavy atom. The number of hydrogen-bond acceptors (Lipinski definition) is 6. The molecule has 2 atom stereocenters. The minimum Gasteiger partial charge on any atom is -0.478 e. The van der Waals surface area contributed by atoms with Crippen molar-refractivity contribution in [3.05, 3.63) is 93.4 Å². The summed E-state index contributed by atoms with van der Waals surface area (Å²) in [5.74, 6) is -0.649. The lowest BCUT2D eigenvalue weighted by Crippen LogP contribution is -2.35. The van der Waals surface area contributed by atoms with Gasteiger partial charge in [-0.25, -0.2) is 23.5 Å². The van der Waals surface area contributed by atoms with Gasteiger partial charge in [0, 0.05) is 22.8 Å². The van der Waals surface area contributed by atoms with E-state index in [1.165, 1.54) is 30.3 Å². The first kappa shape index (κ1) is 27.9. The van der Waals surface area contributed by atoms with Crippen LogP contribution in [0, 0.1) is 5.82 Å². The first-order valence-corrected chi connectivity index (χ1v) is 14.8. The number of aromatic carboxylic acids is 1. The average Bonchev–Trinajstić information content (AvgIpc) is 3.30. The molecule has 0 saturated carbocycles. The highest BCUT2D eigenvalue weighted by Gasteiger charge is 2.32. The quantitative estimate of drug-likeness (QED) is 0.256. The maximum Gasteiger partial charge on any atom is 0.354 e. The summed E-state index contributed by atoms with van der Waals surface area (Å²) in [6.07, 6.45) is 2.95. The van der Waals surface area contributed by atoms with E-state index in [-0.39, 0.29) is 28.3 Å². The van der Waals surface area contributed by atoms with Gasteiger partial charge in [0.1, 0.15) is 28.7 Å². The molecular weight excluding hydrogens is 578 g/mol. The summed E-state index contributed by atoms with van der Waals surface area (Å²) in [6.45, 7) is 3.48. The standard InChI is InChI=1S/C32H29ClF2N4O4/c33-20-4-5-23(24(34)15-20)30-25(35)14-19-2-1-3-22(29(19)43-30)18-8-11-38(12-9-18)17-28-36-26-6-7-27(32(40)41)37-31(26)39(28)16-21-10-13-42-21/h1-7,14-15,18,21,30H,8-13,16-17H2,(H,40,41)/t21-,30-/m0/s1. The number of piperidine rings is 1. The van der Waals surface area contributed by atoms with E-state index in [0.717, 1.165) is 50.3 Å². The van der Waals surface area contributed by atoms with E-state index < -0.39 is 23.7 Å². The average molecular weight is 607 g/mol. The van der Waals surface area contributed by atoms with Gasteiger partial charge >= 0.3 is 5.97 Å². The van der Waals surface area contributed by atoms with E-state index in [0.29, 0.717) is 35.6 Å². The van der Waals surface area contributed by atoms with Gasteiger partial charge in [-0.2, -0.15) is 0 Å². The Morgan fingerprint density at radius 3 is 2.58 bits per heavy atom. The Balaban J connectivity index is 1.09. The minimum absolute atomic E-state index is 0.0141. The Morgan fingerprint density at radius 1 is 1.05 bits per heavy atom. The number of ether oxygens (including phenoxy) is 2. The highest BCUT2D eigenvalue weighted by atomic mass is 35.5. The van der Waals surface area contributed by atoms with Gasteiger partial charge in [0.05, 0.1) is 19.2 Å². The van der Waals surface area contributed by atoms with E-state index in [9.17, 15) is 14.3 Å². The third-order valence-corrected chi connectivity index (χ3v) is 8.80. The van der Waals surface area contributed by atoms with Crippen molar-refractivity contribution in [2.45, 2.75) is 50.5 Å². The van der Waals surface area contributed by atoms with Crippen LogP contribution < -0.4 is 4.74 Å². The van der Waals surface area contributed by atoms with Crippen LogP contribution >= 0.6 is 11.6 Å². The molecule has 0 bridgehead atoms. The van der Waals surface area contributed by atoms with Gasteiger partial charge in [-0.1, -0.05) is 35.9 Å². The zero-order valence-corrected chi connectivity index (χ0v) is 23.9. The van der Waals surface area contributed by atoms with Crippen LogP contribution in [0.5, 0.6) is 5.75 Å². The molecule has 8 nitrogen and oxygen atoms in total. The molecule has 0 spiro atoms. The number of halogens is 3. The molecule has 0 amide bonds. The van der Waals surface area contributed by atoms with Crippen LogP contribution in [0.15, 0.2) is 54.4 Å². The highest BCUT2D eigenvalue weighted by molar-refractivity contribution is 6.30. The van der Waals surface area contributed by atoms with Gasteiger partial charge in [0.2, 0.25) is 0 Å². The molecule has 3 aliphatic heterocycles. The number of benzene rings is 2. The molecule has 0 unspecified atom stereocenters. The summed E-state index contributed by atoms with van der Waals surface area (Å²) < 4.78 is 43.6. The molecule has 1 N–H and O–H groups in total. The minimum atomic E-state index is -1.17. The number of rotatable bonds is 7. The van der Waals surface area contributed by atoms with Crippen LogP contribution in [0.4, 0.5) is 8.78 Å². The molecule has 3 aliphatic rings. The number of likely N-dealkylation sites (tertiary alicyclic amines) is 1. The van der Waals surface area contributed by atoms with Crippen LogP contribution in [-0.2, 0) is 17.8 Å². The lowest BCUT2D eigenvalue weighted by atomic mass is 9.87. The van der Waals surface area contributed by atoms with Crippen molar-refractivity contribution in [1.29, 1.82) is 0 Å². The third-order valence-electron chi connectivity index (χ3n) is 8.56. The van der Waals surface area contributed by atoms with Crippen molar-refractivity contribution in [2.24, 2.45) is 0 Å². The van der Waals surface area contributed by atoms with Crippen LogP contribution in [0.2, 0.25) is 5.02 Å². The lowest BCUT2D eigenvalue weighted by Gasteiger charge is -2.34. The number of nitrogens with zero attached hydrogens (tertiary/aromatic N) is 4. The van der Waals surface area contributed by atoms with E-state index in [2.05, 4.69) is 9.88 Å². The summed E-state index contributed by atoms with van der Waals surface area (Å²) in [7, 11) is 0. The molecule has 11 heteroatoms. The Labute approximate surface area is 251 Å². The van der Waals surface area contributed by atoms with Crippen molar-refractivity contribution < 1.29 is 28.2 Å². The molecule has 0 radical (unpaired) electrons. The number of imidazole rings is 1. The van der Waals surface area contributed by atoms with Gasteiger partial charge in [0.25, 0.3) is 0 Å². The molecule has 2 saturated heterocycles. The Hall–Kier alpha value is -3.86. The zero-order valence-electron chi connectivity index (χ0n) is 23.2. The summed E-state index contributed by atoms with van der Waals surface area (Å²) in [6, 6.07) is 13.1. The van der Waals surface area contributed by atoms with Crippen molar-refractivity contribution in [3.8, 4) is 5.75 Å². The van der Waals surface area contributed by atoms with Crippen LogP contribution in [0.25, 0.3) is 17.2 Å². The van der Waals surface area contributed by atoms with Gasteiger partial charge in [0.15, 0.2) is 17.4 Å². The largest absolute Gasteiger partial charge is 0.478 e. The van der Waals surface area contributed by atoms with Crippen molar-refractivity contribution in [3.63, 3.8) is 0 Å². The molecular formula is C32H29ClF2N4O4. The number of pyridine rings is 1. The first-order valence-electron chi connectivity index (χ1n) is 14.4. The fourth-order valence-corrected chi connectivity index (χ4v) is 6.34. The van der Waals surface area contributed by atoms with Crippen LogP contribution in [-0.4, -0.2) is 56.3 Å². The number of carboxylic acids is 1. The number of carboxylic acid groups (broad SMARTS) is 1. The highest BCUT2D eigenvalue weighted by Crippen LogP contribution is 2.45. The molecule has 4 aromatic rings. The smallest absolute Gasteiger partial charge is 0.354 e. The molecule has 43 heavy (non-hydrogen) atoms. The number of fused-ring (bicyclic) bond motifs is 2. The van der Waals surface area contributed by atoms with E-state index in [1.54, 1.807) is 6.07 Å². The van der Waals surface area contributed by atoms with Crippen LogP contribution in [0.3, 0.4) is 0 Å². The fourth-order valence-electron chi connectivity index (χ4n) is 6.18. The first-order chi connectivity index (χ1) is 20.8. The Kier molecular flexibility index (Phi) is 7.36. The fraction of sp³-hybridized carbons (Fsp3) is 0.344. The lowest BCUT2D eigenvalue weighted by molar-refractivity contribution is -0.0593. The molecule has 2 aromatic heterocycles. The number of aromatic nitrogens is 3. The molecule has 222 valence electrons. The second kappa shape index (κ2) is 11.3. The normalized spacial score (nSPS) is 20.8. The second-order valence-corrected chi connectivity index (χ2v) is 11.7. The van der Waals surface area contributed by atoms with Crippen molar-refractivity contribution >= 4 is 34.8 Å². The topological polar surface area (TPSA) is 89.7 Å². The van der Waals surface area contributed by atoms with E-state index >= 15 is 4.39 Å². The molecule has 2 fully saturated rings. The summed E-state index contributed by atoms with van der Waals surface area (Å²) >= 11 is 5.91. The second-order valence-electron chi connectivity index (χ2n) is 11.3. The maximum absolute atomic E-state index is 15.1. The predicted molar refractivity (Wildman–Crippen MR) is 156 cm³/mol. The molecule has 0 aliphatic carbocycles. The zero-order chi connectivity index (χ0) is 29.7. The molecule has 5 heterocycles. The van der Waals surface area contributed by atoms with E-state index in [4.69, 9.17) is 26.1 Å². The maximum atomic E-state index is 15.1. The van der Waals surface area contributed by atoms with Crippen molar-refractivity contribution in [2.75, 3.05) is 19.7 Å². The van der Waals surface area contributed by atoms with Gasteiger partial charge in [-0.05, 0) is 74.2 Å². The summed E-state index contributed by atoms with van der Waals surface area (Å²) in [5, 5.41) is 9.70. The summed E-state index contributed by atoms with van der Waals surface area (Å²) in [5.41, 5.74) is 2.94.